The van der Waals surface area contributed by atoms with Crippen LogP contribution in [0.1, 0.15) is 24.2 Å². The van der Waals surface area contributed by atoms with E-state index in [2.05, 4.69) is 51.8 Å². The number of amidine groups is 1. The van der Waals surface area contributed by atoms with E-state index in [1.807, 2.05) is 24.5 Å². The number of pyridine rings is 2. The van der Waals surface area contributed by atoms with E-state index in [0.717, 1.165) is 53.1 Å². The smallest absolute Gasteiger partial charge is 0.146 e. The number of aryl methyl sites for hydroxylation is 2. The van der Waals surface area contributed by atoms with Crippen LogP contribution in [0.3, 0.4) is 0 Å². The predicted molar refractivity (Wildman–Crippen MR) is 105 cm³/mol. The van der Waals surface area contributed by atoms with Crippen molar-refractivity contribution in [2.45, 2.75) is 26.2 Å². The number of hydrogen-bond donors (Lipinski definition) is 0. The fourth-order valence-electron chi connectivity index (χ4n) is 3.67. The molecule has 0 aliphatic carbocycles. The molecule has 0 radical (unpaired) electrons. The van der Waals surface area contributed by atoms with Crippen molar-refractivity contribution in [2.24, 2.45) is 15.9 Å². The number of hydrogen-bond acceptors (Lipinski definition) is 4. The number of fused-ring (bicyclic) bond motifs is 4. The van der Waals surface area contributed by atoms with Gasteiger partial charge in [0.15, 0.2) is 0 Å². The van der Waals surface area contributed by atoms with Crippen LogP contribution in [0.4, 0.5) is 0 Å². The van der Waals surface area contributed by atoms with E-state index < -0.39 is 0 Å². The van der Waals surface area contributed by atoms with Crippen molar-refractivity contribution < 1.29 is 0 Å². The molecule has 5 nitrogen and oxygen atoms in total. The summed E-state index contributed by atoms with van der Waals surface area (Å²) in [6.45, 7) is 2.13. The Balaban J connectivity index is 1.45. The van der Waals surface area contributed by atoms with E-state index in [9.17, 15) is 0 Å². The molecule has 5 heterocycles. The SMILES string of the molecule is Cc1c(CCC2=NC3=NC=CCC3C=C2)nc2c3cccnc3ccn12. The highest BCUT2D eigenvalue weighted by Crippen LogP contribution is 2.23. The van der Waals surface area contributed by atoms with Gasteiger partial charge in [-0.25, -0.2) is 15.0 Å². The Hall–Kier alpha value is -3.08. The third kappa shape index (κ3) is 2.47. The molecule has 0 bridgehead atoms. The molecule has 0 aromatic carbocycles. The van der Waals surface area contributed by atoms with Crippen LogP contribution in [-0.4, -0.2) is 25.9 Å². The molecule has 0 N–H and O–H groups in total. The molecule has 0 saturated carbocycles. The van der Waals surface area contributed by atoms with Gasteiger partial charge in [0.2, 0.25) is 0 Å². The van der Waals surface area contributed by atoms with Gasteiger partial charge in [-0.1, -0.05) is 12.2 Å². The van der Waals surface area contributed by atoms with Crippen LogP contribution in [0.25, 0.3) is 16.6 Å². The molecule has 5 heteroatoms. The molecule has 1 atom stereocenters. The van der Waals surface area contributed by atoms with Crippen LogP contribution in [0, 0.1) is 12.8 Å². The summed E-state index contributed by atoms with van der Waals surface area (Å²) in [6.07, 6.45) is 14.9. The number of rotatable bonds is 3. The minimum absolute atomic E-state index is 0.347. The van der Waals surface area contributed by atoms with Crippen LogP contribution >= 0.6 is 0 Å². The molecule has 128 valence electrons. The summed E-state index contributed by atoms with van der Waals surface area (Å²) in [7, 11) is 0. The van der Waals surface area contributed by atoms with Crippen molar-refractivity contribution in [1.82, 2.24) is 14.4 Å². The van der Waals surface area contributed by atoms with Gasteiger partial charge >= 0.3 is 0 Å². The monoisotopic (exact) mass is 341 g/mol. The standard InChI is InChI=1S/C21H19N5/c1-14-18(9-8-16-7-6-15-4-2-12-23-20(15)24-16)25-21-17-5-3-11-22-19(17)10-13-26(14)21/h2-3,5-7,10-13,15H,4,8-9H2,1H3. The van der Waals surface area contributed by atoms with Crippen molar-refractivity contribution in [2.75, 3.05) is 0 Å². The topological polar surface area (TPSA) is 54.9 Å². The lowest BCUT2D eigenvalue weighted by atomic mass is 9.97. The van der Waals surface area contributed by atoms with Gasteiger partial charge in [0.1, 0.15) is 11.5 Å². The zero-order valence-corrected chi connectivity index (χ0v) is 14.6. The van der Waals surface area contributed by atoms with E-state index in [4.69, 9.17) is 9.98 Å². The van der Waals surface area contributed by atoms with E-state index in [-0.39, 0.29) is 0 Å². The third-order valence-corrected chi connectivity index (χ3v) is 5.14. The highest BCUT2D eigenvalue weighted by molar-refractivity contribution is 6.08. The second-order valence-electron chi connectivity index (χ2n) is 6.77. The maximum absolute atomic E-state index is 4.91. The first-order valence-electron chi connectivity index (χ1n) is 8.99. The van der Waals surface area contributed by atoms with E-state index >= 15 is 0 Å². The molecule has 3 aromatic rings. The van der Waals surface area contributed by atoms with E-state index in [1.54, 1.807) is 0 Å². The fraction of sp³-hybridized carbons (Fsp3) is 0.238. The lowest BCUT2D eigenvalue weighted by Gasteiger charge is -2.18. The van der Waals surface area contributed by atoms with E-state index in [1.165, 1.54) is 5.69 Å². The molecular weight excluding hydrogens is 322 g/mol. The average molecular weight is 341 g/mol. The molecular formula is C21H19N5. The zero-order valence-electron chi connectivity index (χ0n) is 14.6. The number of allylic oxidation sites excluding steroid dienone is 2. The first kappa shape index (κ1) is 15.2. The fourth-order valence-corrected chi connectivity index (χ4v) is 3.67. The highest BCUT2D eigenvalue weighted by Gasteiger charge is 2.18. The van der Waals surface area contributed by atoms with Crippen molar-refractivity contribution >= 4 is 28.1 Å². The Bertz CT molecular complexity index is 1130. The van der Waals surface area contributed by atoms with Crippen LogP contribution in [0.5, 0.6) is 0 Å². The zero-order chi connectivity index (χ0) is 17.5. The highest BCUT2D eigenvalue weighted by atomic mass is 15.0. The first-order chi connectivity index (χ1) is 12.8. The quantitative estimate of drug-likeness (QED) is 0.721. The molecule has 26 heavy (non-hydrogen) atoms. The summed E-state index contributed by atoms with van der Waals surface area (Å²) >= 11 is 0. The molecule has 5 rings (SSSR count). The third-order valence-electron chi connectivity index (χ3n) is 5.14. The van der Waals surface area contributed by atoms with Crippen molar-refractivity contribution in [3.8, 4) is 0 Å². The number of imidazole rings is 1. The molecule has 0 saturated heterocycles. The van der Waals surface area contributed by atoms with Gasteiger partial charge in [-0.15, -0.1) is 0 Å². The van der Waals surface area contributed by atoms with Gasteiger partial charge in [0.05, 0.1) is 11.2 Å². The second kappa shape index (κ2) is 6.02. The van der Waals surface area contributed by atoms with Gasteiger partial charge < -0.3 is 4.40 Å². The van der Waals surface area contributed by atoms with Gasteiger partial charge in [-0.2, -0.15) is 0 Å². The van der Waals surface area contributed by atoms with Crippen molar-refractivity contribution in [3.63, 3.8) is 0 Å². The molecule has 0 spiro atoms. The minimum atomic E-state index is 0.347. The largest absolute Gasteiger partial charge is 0.303 e. The Kier molecular flexibility index (Phi) is 3.52. The molecule has 0 amide bonds. The van der Waals surface area contributed by atoms with E-state index in [0.29, 0.717) is 5.92 Å². The second-order valence-corrected chi connectivity index (χ2v) is 6.77. The Morgan fingerprint density at radius 3 is 3.15 bits per heavy atom. The summed E-state index contributed by atoms with van der Waals surface area (Å²) in [5.74, 6) is 1.29. The Morgan fingerprint density at radius 2 is 2.19 bits per heavy atom. The Labute approximate surface area is 151 Å². The van der Waals surface area contributed by atoms with Crippen LogP contribution in [0.15, 0.2) is 65.0 Å². The lowest BCUT2D eigenvalue weighted by molar-refractivity contribution is 0.843. The van der Waals surface area contributed by atoms with Crippen LogP contribution < -0.4 is 0 Å². The predicted octanol–water partition coefficient (Wildman–Crippen LogP) is 4.07. The molecule has 0 fully saturated rings. The Morgan fingerprint density at radius 1 is 1.23 bits per heavy atom. The maximum atomic E-state index is 4.91. The number of aromatic nitrogens is 3. The van der Waals surface area contributed by atoms with Crippen molar-refractivity contribution in [1.29, 1.82) is 0 Å². The normalized spacial score (nSPS) is 18.9. The summed E-state index contributed by atoms with van der Waals surface area (Å²) in [5.41, 5.74) is 5.34. The summed E-state index contributed by atoms with van der Waals surface area (Å²) in [5, 5.41) is 1.09. The number of dihydropyridines is 1. The average Bonchev–Trinajstić information content (AvgIpc) is 3.02. The minimum Gasteiger partial charge on any atom is -0.303 e. The van der Waals surface area contributed by atoms with Crippen LogP contribution in [-0.2, 0) is 6.42 Å². The summed E-state index contributed by atoms with van der Waals surface area (Å²) < 4.78 is 2.16. The molecule has 2 aliphatic rings. The first-order valence-corrected chi connectivity index (χ1v) is 8.99. The molecule has 3 aromatic heterocycles. The van der Waals surface area contributed by atoms with Crippen LogP contribution in [0.2, 0.25) is 0 Å². The van der Waals surface area contributed by atoms with Gasteiger partial charge in [-0.05, 0) is 50.5 Å². The number of nitrogens with zero attached hydrogens (tertiary/aromatic N) is 5. The number of aliphatic imine (C=N–C) groups is 2. The molecule has 2 aliphatic heterocycles. The van der Waals surface area contributed by atoms with Gasteiger partial charge in [-0.3, -0.25) is 4.98 Å². The maximum Gasteiger partial charge on any atom is 0.146 e. The summed E-state index contributed by atoms with van der Waals surface area (Å²) in [4.78, 5) is 18.5. The molecule has 1 unspecified atom stereocenters. The summed E-state index contributed by atoms with van der Waals surface area (Å²) in [6, 6.07) is 6.09. The van der Waals surface area contributed by atoms with Gasteiger partial charge in [0, 0.05) is 41.3 Å². The van der Waals surface area contributed by atoms with Crippen molar-refractivity contribution in [3.05, 3.63) is 66.4 Å². The lowest BCUT2D eigenvalue weighted by Crippen LogP contribution is -2.18. The van der Waals surface area contributed by atoms with Gasteiger partial charge in [0.25, 0.3) is 0 Å².